The van der Waals surface area contributed by atoms with Gasteiger partial charge in [-0.05, 0) is 47.5 Å². The molecular formula is C34H29FN2O10. The zero-order valence-electron chi connectivity index (χ0n) is 24.8. The first kappa shape index (κ1) is 32.9. The zero-order valence-corrected chi connectivity index (χ0v) is 24.8. The van der Waals surface area contributed by atoms with Gasteiger partial charge < -0.3 is 18.9 Å². The number of benzene rings is 4. The number of hydrogen-bond donors (Lipinski definition) is 0. The fourth-order valence-corrected chi connectivity index (χ4v) is 5.31. The molecule has 0 aromatic heterocycles. The van der Waals surface area contributed by atoms with Gasteiger partial charge in [0.1, 0.15) is 5.82 Å². The van der Waals surface area contributed by atoms with Crippen LogP contribution in [0.15, 0.2) is 103 Å². The van der Waals surface area contributed by atoms with E-state index in [2.05, 4.69) is 0 Å². The molecule has 0 N–H and O–H groups in total. The summed E-state index contributed by atoms with van der Waals surface area (Å²) >= 11 is 0. The molecule has 12 nitrogen and oxygen atoms in total. The highest BCUT2D eigenvalue weighted by Crippen LogP contribution is 2.41. The molecule has 0 aliphatic carbocycles. The summed E-state index contributed by atoms with van der Waals surface area (Å²) in [6, 6.07) is 25.0. The van der Waals surface area contributed by atoms with Crippen LogP contribution in [-0.2, 0) is 25.6 Å². The first-order chi connectivity index (χ1) is 22.7. The summed E-state index contributed by atoms with van der Waals surface area (Å²) in [6.07, 6.45) is -1.17. The van der Waals surface area contributed by atoms with Crippen molar-refractivity contribution >= 4 is 23.3 Å². The number of non-ortho nitro benzene ring substituents is 2. The van der Waals surface area contributed by atoms with Crippen LogP contribution in [0.2, 0.25) is 0 Å². The van der Waals surface area contributed by atoms with Gasteiger partial charge >= 0.3 is 11.9 Å². The van der Waals surface area contributed by atoms with E-state index in [4.69, 9.17) is 18.9 Å². The maximum atomic E-state index is 14.0. The molecule has 47 heavy (non-hydrogen) atoms. The number of halogens is 1. The van der Waals surface area contributed by atoms with Gasteiger partial charge in [-0.3, -0.25) is 20.2 Å². The van der Waals surface area contributed by atoms with Crippen LogP contribution in [0.4, 0.5) is 15.8 Å². The molecule has 0 saturated carbocycles. The normalized spacial score (nSPS) is 19.0. The Labute approximate surface area is 267 Å². The number of esters is 2. The Hall–Kier alpha value is -5.53. The molecule has 1 aliphatic rings. The third kappa shape index (κ3) is 8.39. The Bertz CT molecular complexity index is 1700. The topological polar surface area (TPSA) is 157 Å². The third-order valence-corrected chi connectivity index (χ3v) is 7.79. The van der Waals surface area contributed by atoms with Gasteiger partial charge in [0.25, 0.3) is 11.4 Å². The second kappa shape index (κ2) is 15.2. The van der Waals surface area contributed by atoms with Gasteiger partial charge in [-0.25, -0.2) is 14.0 Å². The minimum absolute atomic E-state index is 0.0111. The predicted molar refractivity (Wildman–Crippen MR) is 164 cm³/mol. The fourth-order valence-electron chi connectivity index (χ4n) is 5.31. The SMILES string of the molecule is O=C(OC[C@@H]1CO[C@@H](OC(=O)c2ccc([N+](=O)[O-])cc2)[C@H](c2ccc(F)cc2)[C@@H]1COCc1ccccc1)c1ccc([N+](=O)[O-])cc1. The molecule has 4 atom stereocenters. The Balaban J connectivity index is 1.39. The predicted octanol–water partition coefficient (Wildman–Crippen LogP) is 6.25. The summed E-state index contributed by atoms with van der Waals surface area (Å²) in [5.74, 6) is -3.62. The number of ether oxygens (including phenoxy) is 4. The number of hydrogen-bond acceptors (Lipinski definition) is 10. The second-order valence-corrected chi connectivity index (χ2v) is 10.8. The minimum Gasteiger partial charge on any atom is -0.462 e. The van der Waals surface area contributed by atoms with E-state index in [0.717, 1.165) is 5.56 Å². The first-order valence-corrected chi connectivity index (χ1v) is 14.6. The van der Waals surface area contributed by atoms with Crippen molar-refractivity contribution in [2.45, 2.75) is 18.8 Å². The smallest absolute Gasteiger partial charge is 0.340 e. The molecule has 0 spiro atoms. The lowest BCUT2D eigenvalue weighted by molar-refractivity contribution is -0.385. The molecule has 13 heteroatoms. The first-order valence-electron chi connectivity index (χ1n) is 14.6. The molecule has 0 unspecified atom stereocenters. The van der Waals surface area contributed by atoms with Crippen molar-refractivity contribution in [2.24, 2.45) is 11.8 Å². The van der Waals surface area contributed by atoms with Crippen LogP contribution in [0.5, 0.6) is 0 Å². The summed E-state index contributed by atoms with van der Waals surface area (Å²) in [4.78, 5) is 46.9. The molecule has 0 amide bonds. The van der Waals surface area contributed by atoms with Crippen molar-refractivity contribution in [1.29, 1.82) is 0 Å². The average molecular weight is 645 g/mol. The molecule has 0 bridgehead atoms. The summed E-state index contributed by atoms with van der Waals surface area (Å²) < 4.78 is 37.6. The van der Waals surface area contributed by atoms with Gasteiger partial charge in [-0.1, -0.05) is 42.5 Å². The second-order valence-electron chi connectivity index (χ2n) is 10.8. The molecule has 1 saturated heterocycles. The lowest BCUT2D eigenvalue weighted by Gasteiger charge is -2.42. The van der Waals surface area contributed by atoms with E-state index >= 15 is 0 Å². The van der Waals surface area contributed by atoms with E-state index < -0.39 is 51.6 Å². The Kier molecular flexibility index (Phi) is 10.6. The summed E-state index contributed by atoms with van der Waals surface area (Å²) in [5.41, 5.74) is 1.31. The Morgan fingerprint density at radius 3 is 1.91 bits per heavy atom. The number of carbonyl (C=O) groups excluding carboxylic acids is 2. The van der Waals surface area contributed by atoms with Crippen LogP contribution in [0, 0.1) is 37.9 Å². The molecular weight excluding hydrogens is 615 g/mol. The van der Waals surface area contributed by atoms with E-state index in [1.165, 1.54) is 60.7 Å². The van der Waals surface area contributed by atoms with Crippen LogP contribution < -0.4 is 0 Å². The maximum Gasteiger partial charge on any atom is 0.340 e. The molecule has 242 valence electrons. The van der Waals surface area contributed by atoms with Crippen LogP contribution >= 0.6 is 0 Å². The Morgan fingerprint density at radius 1 is 0.766 bits per heavy atom. The van der Waals surface area contributed by atoms with Crippen molar-refractivity contribution in [2.75, 3.05) is 19.8 Å². The molecule has 4 aromatic rings. The van der Waals surface area contributed by atoms with Crippen LogP contribution in [-0.4, -0.2) is 47.9 Å². The van der Waals surface area contributed by atoms with Crippen LogP contribution in [0.25, 0.3) is 0 Å². The van der Waals surface area contributed by atoms with Gasteiger partial charge in [-0.2, -0.15) is 0 Å². The molecule has 1 aliphatic heterocycles. The maximum absolute atomic E-state index is 14.0. The molecule has 0 radical (unpaired) electrons. The summed E-state index contributed by atoms with van der Waals surface area (Å²) in [7, 11) is 0. The summed E-state index contributed by atoms with van der Waals surface area (Å²) in [6.45, 7) is 0.237. The number of carbonyl (C=O) groups is 2. The number of nitrogens with zero attached hydrogens (tertiary/aromatic N) is 2. The lowest BCUT2D eigenvalue weighted by Crippen LogP contribution is -2.46. The van der Waals surface area contributed by atoms with Gasteiger partial charge in [-0.15, -0.1) is 0 Å². The van der Waals surface area contributed by atoms with Crippen molar-refractivity contribution in [3.05, 3.63) is 151 Å². The van der Waals surface area contributed by atoms with E-state index in [0.29, 0.717) is 5.56 Å². The molecule has 4 aromatic carbocycles. The van der Waals surface area contributed by atoms with Gasteiger partial charge in [0.2, 0.25) is 6.29 Å². The quantitative estimate of drug-likeness (QED) is 0.0981. The third-order valence-electron chi connectivity index (χ3n) is 7.79. The van der Waals surface area contributed by atoms with Crippen molar-refractivity contribution in [3.63, 3.8) is 0 Å². The van der Waals surface area contributed by atoms with E-state index in [-0.39, 0.29) is 48.9 Å². The number of nitro benzene ring substituents is 2. The van der Waals surface area contributed by atoms with E-state index in [1.807, 2.05) is 30.3 Å². The van der Waals surface area contributed by atoms with Gasteiger partial charge in [0.15, 0.2) is 0 Å². The van der Waals surface area contributed by atoms with Gasteiger partial charge in [0.05, 0.1) is 53.3 Å². The highest BCUT2D eigenvalue weighted by molar-refractivity contribution is 5.90. The average Bonchev–Trinajstić information content (AvgIpc) is 3.08. The van der Waals surface area contributed by atoms with E-state index in [1.54, 1.807) is 12.1 Å². The van der Waals surface area contributed by atoms with Crippen molar-refractivity contribution < 1.29 is 42.8 Å². The standard InChI is InChI=1S/C34H29FN2O10/c35-27-12-6-23(7-13-27)31-30(21-44-18-22-4-2-1-3-5-22)26(19-45-32(38)24-8-14-28(15-9-24)36(40)41)20-46-34(31)47-33(39)25-10-16-29(17-11-25)37(42)43/h1-17,26,30-31,34H,18-21H2/t26-,30-,31-,34+/m1/s1. The van der Waals surface area contributed by atoms with Crippen molar-refractivity contribution in [3.8, 4) is 0 Å². The van der Waals surface area contributed by atoms with Gasteiger partial charge in [0, 0.05) is 36.1 Å². The van der Waals surface area contributed by atoms with Crippen molar-refractivity contribution in [1.82, 2.24) is 0 Å². The highest BCUT2D eigenvalue weighted by atomic mass is 19.1. The Morgan fingerprint density at radius 2 is 1.34 bits per heavy atom. The highest BCUT2D eigenvalue weighted by Gasteiger charge is 2.44. The largest absolute Gasteiger partial charge is 0.462 e. The van der Waals surface area contributed by atoms with Crippen LogP contribution in [0.3, 0.4) is 0 Å². The van der Waals surface area contributed by atoms with Crippen LogP contribution in [0.1, 0.15) is 37.8 Å². The number of nitro groups is 2. The summed E-state index contributed by atoms with van der Waals surface area (Å²) in [5, 5.41) is 22.0. The molecule has 1 fully saturated rings. The van der Waals surface area contributed by atoms with E-state index in [9.17, 15) is 34.2 Å². The lowest BCUT2D eigenvalue weighted by atomic mass is 9.76. The minimum atomic E-state index is -1.17. The molecule has 1 heterocycles. The fraction of sp³-hybridized carbons (Fsp3) is 0.235. The zero-order chi connectivity index (χ0) is 33.3. The number of rotatable bonds is 12. The monoisotopic (exact) mass is 644 g/mol. The molecule has 5 rings (SSSR count).